The molecule has 0 N–H and O–H groups in total. The first-order valence-corrected chi connectivity index (χ1v) is 9.28. The number of carbonyl (C=O) groups is 2. The van der Waals surface area contributed by atoms with Gasteiger partial charge in [0.15, 0.2) is 5.82 Å². The second-order valence-electron chi connectivity index (χ2n) is 7.36. The first-order valence-electron chi connectivity index (χ1n) is 9.28. The lowest BCUT2D eigenvalue weighted by Crippen LogP contribution is -2.35. The van der Waals surface area contributed by atoms with E-state index in [1.165, 1.54) is 24.1 Å². The number of likely N-dealkylation sites (tertiary alicyclic amines) is 1. The number of hydrogen-bond acceptors (Lipinski definition) is 4. The molecule has 0 spiro atoms. The first-order chi connectivity index (χ1) is 13.9. The van der Waals surface area contributed by atoms with Crippen LogP contribution in [0.2, 0.25) is 0 Å². The maximum Gasteiger partial charge on any atom is 0.313 e. The topological polar surface area (TPSA) is 69.4 Å². The van der Waals surface area contributed by atoms with Crippen LogP contribution in [0, 0.1) is 11.2 Å². The van der Waals surface area contributed by atoms with Gasteiger partial charge in [-0.25, -0.2) is 9.07 Å². The van der Waals surface area contributed by atoms with E-state index in [0.29, 0.717) is 24.3 Å². The van der Waals surface area contributed by atoms with Gasteiger partial charge in [0.05, 0.1) is 18.7 Å². The summed E-state index contributed by atoms with van der Waals surface area (Å²) in [4.78, 5) is 27.0. The van der Waals surface area contributed by atoms with Crippen molar-refractivity contribution in [2.24, 2.45) is 5.41 Å². The second-order valence-corrected chi connectivity index (χ2v) is 7.36. The van der Waals surface area contributed by atoms with Crippen molar-refractivity contribution in [3.63, 3.8) is 0 Å². The van der Waals surface area contributed by atoms with Crippen LogP contribution in [-0.4, -0.2) is 51.3 Å². The van der Waals surface area contributed by atoms with Crippen molar-refractivity contribution >= 4 is 11.9 Å². The third-order valence-electron chi connectivity index (χ3n) is 5.34. The summed E-state index contributed by atoms with van der Waals surface area (Å²) in [7, 11) is 1.35. The summed E-state index contributed by atoms with van der Waals surface area (Å²) in [5, 5.41) is 4.30. The molecule has 0 saturated carbocycles. The van der Waals surface area contributed by atoms with E-state index in [9.17, 15) is 14.0 Å². The van der Waals surface area contributed by atoms with Crippen LogP contribution in [0.25, 0.3) is 11.5 Å². The van der Waals surface area contributed by atoms with E-state index in [2.05, 4.69) is 5.10 Å². The Hall–Kier alpha value is -3.42. The molecule has 0 aliphatic carbocycles. The van der Waals surface area contributed by atoms with Gasteiger partial charge >= 0.3 is 5.97 Å². The zero-order valence-corrected chi connectivity index (χ0v) is 16.2. The van der Waals surface area contributed by atoms with Gasteiger partial charge in [-0.2, -0.15) is 5.10 Å². The third-order valence-corrected chi connectivity index (χ3v) is 5.34. The molecular weight excluding hydrogens is 375 g/mol. The van der Waals surface area contributed by atoms with Crippen molar-refractivity contribution in [2.75, 3.05) is 20.2 Å². The summed E-state index contributed by atoms with van der Waals surface area (Å²) in [6.45, 7) is 2.48. The molecule has 1 saturated heterocycles. The molecule has 3 aromatic rings. The molecule has 150 valence electrons. The van der Waals surface area contributed by atoms with Gasteiger partial charge < -0.3 is 14.2 Å². The number of aromatic nitrogens is 3. The SMILES string of the molecule is COC(=O)C1(C)CCN(C(=O)c2cnn(-c3ccccc3F)c2-n2cccc2)C1. The van der Waals surface area contributed by atoms with Crippen LogP contribution < -0.4 is 0 Å². The number of esters is 1. The van der Waals surface area contributed by atoms with Crippen molar-refractivity contribution in [1.29, 1.82) is 0 Å². The molecule has 7 nitrogen and oxygen atoms in total. The Morgan fingerprint density at radius 2 is 1.90 bits per heavy atom. The van der Waals surface area contributed by atoms with Gasteiger partial charge in [0.1, 0.15) is 17.1 Å². The van der Waals surface area contributed by atoms with Gasteiger partial charge in [0, 0.05) is 25.5 Å². The zero-order chi connectivity index (χ0) is 20.6. The Kier molecular flexibility index (Phi) is 4.70. The van der Waals surface area contributed by atoms with Gasteiger partial charge in [-0.1, -0.05) is 12.1 Å². The standard InChI is InChI=1S/C21H21FN4O3/c1-21(20(28)29-2)9-12-25(14-21)19(27)15-13-23-26(17-8-4-3-7-16(17)22)18(15)24-10-5-6-11-24/h3-8,10-11,13H,9,12,14H2,1-2H3. The van der Waals surface area contributed by atoms with Crippen LogP contribution in [0.1, 0.15) is 23.7 Å². The summed E-state index contributed by atoms with van der Waals surface area (Å²) in [5.74, 6) is -0.594. The fourth-order valence-corrected chi connectivity index (χ4v) is 3.73. The second kappa shape index (κ2) is 7.20. The highest BCUT2D eigenvalue weighted by Gasteiger charge is 2.43. The third kappa shape index (κ3) is 3.20. The van der Waals surface area contributed by atoms with Crippen molar-refractivity contribution in [3.8, 4) is 11.5 Å². The molecule has 1 fully saturated rings. The molecule has 4 rings (SSSR count). The molecule has 0 bridgehead atoms. The van der Waals surface area contributed by atoms with E-state index >= 15 is 0 Å². The molecule has 3 heterocycles. The fourth-order valence-electron chi connectivity index (χ4n) is 3.73. The van der Waals surface area contributed by atoms with Crippen molar-refractivity contribution in [2.45, 2.75) is 13.3 Å². The predicted octanol–water partition coefficient (Wildman–Crippen LogP) is 2.83. The summed E-state index contributed by atoms with van der Waals surface area (Å²) in [5.41, 5.74) is -0.158. The number of benzene rings is 1. The first kappa shape index (κ1) is 18.9. The van der Waals surface area contributed by atoms with E-state index in [4.69, 9.17) is 4.74 Å². The number of hydrogen-bond donors (Lipinski definition) is 0. The van der Waals surface area contributed by atoms with Crippen molar-refractivity contribution < 1.29 is 18.7 Å². The lowest BCUT2D eigenvalue weighted by Gasteiger charge is -2.22. The number of carbonyl (C=O) groups excluding carboxylic acids is 2. The molecule has 8 heteroatoms. The largest absolute Gasteiger partial charge is 0.469 e. The highest BCUT2D eigenvalue weighted by atomic mass is 19.1. The lowest BCUT2D eigenvalue weighted by molar-refractivity contribution is -0.150. The van der Waals surface area contributed by atoms with Crippen LogP contribution >= 0.6 is 0 Å². The van der Waals surface area contributed by atoms with Crippen molar-refractivity contribution in [3.05, 3.63) is 66.4 Å². The highest BCUT2D eigenvalue weighted by Crippen LogP contribution is 2.33. The van der Waals surface area contributed by atoms with Gasteiger partial charge in [0.25, 0.3) is 5.91 Å². The molecule has 1 aliphatic heterocycles. The van der Waals surface area contributed by atoms with Gasteiger partial charge in [-0.3, -0.25) is 9.59 Å². The number of para-hydroxylation sites is 1. The fraction of sp³-hybridized carbons (Fsp3) is 0.286. The summed E-state index contributed by atoms with van der Waals surface area (Å²) < 4.78 is 22.4. The number of amides is 1. The number of methoxy groups -OCH3 is 1. The van der Waals surface area contributed by atoms with Gasteiger partial charge in [0.2, 0.25) is 0 Å². The van der Waals surface area contributed by atoms with Gasteiger partial charge in [-0.05, 0) is 37.6 Å². The van der Waals surface area contributed by atoms with Crippen molar-refractivity contribution in [1.82, 2.24) is 19.2 Å². The summed E-state index contributed by atoms with van der Waals surface area (Å²) in [6.07, 6.45) is 5.50. The number of halogens is 1. The number of nitrogens with zero attached hydrogens (tertiary/aromatic N) is 4. The summed E-state index contributed by atoms with van der Waals surface area (Å²) >= 11 is 0. The van der Waals surface area contributed by atoms with Crippen LogP contribution in [0.3, 0.4) is 0 Å². The minimum Gasteiger partial charge on any atom is -0.469 e. The zero-order valence-electron chi connectivity index (χ0n) is 16.2. The van der Waals surface area contributed by atoms with Crippen LogP contribution in [0.4, 0.5) is 4.39 Å². The monoisotopic (exact) mass is 396 g/mol. The average Bonchev–Trinajstić information content (AvgIpc) is 3.46. The molecule has 1 atom stereocenters. The van der Waals surface area contributed by atoms with E-state index in [1.54, 1.807) is 47.0 Å². The van der Waals surface area contributed by atoms with E-state index < -0.39 is 11.2 Å². The smallest absolute Gasteiger partial charge is 0.313 e. The van der Waals surface area contributed by atoms with E-state index in [1.807, 2.05) is 12.1 Å². The van der Waals surface area contributed by atoms with Crippen LogP contribution in [-0.2, 0) is 9.53 Å². The van der Waals surface area contributed by atoms with Crippen LogP contribution in [0.5, 0.6) is 0 Å². The number of rotatable bonds is 4. The minimum absolute atomic E-state index is 0.246. The maximum absolute atomic E-state index is 14.4. The molecule has 2 aromatic heterocycles. The predicted molar refractivity (Wildman–Crippen MR) is 103 cm³/mol. The van der Waals surface area contributed by atoms with Gasteiger partial charge in [-0.15, -0.1) is 0 Å². The lowest BCUT2D eigenvalue weighted by atomic mass is 9.90. The Labute approximate surface area is 167 Å². The molecular formula is C21H21FN4O3. The average molecular weight is 396 g/mol. The Balaban J connectivity index is 1.75. The Bertz CT molecular complexity index is 1060. The molecule has 29 heavy (non-hydrogen) atoms. The number of ether oxygens (including phenoxy) is 1. The highest BCUT2D eigenvalue weighted by molar-refractivity contribution is 5.98. The van der Waals surface area contributed by atoms with E-state index in [-0.39, 0.29) is 24.1 Å². The molecule has 1 aromatic carbocycles. The minimum atomic E-state index is -0.737. The Morgan fingerprint density at radius 1 is 1.17 bits per heavy atom. The molecule has 1 unspecified atom stereocenters. The maximum atomic E-state index is 14.4. The van der Waals surface area contributed by atoms with E-state index in [0.717, 1.165) is 0 Å². The normalized spacial score (nSPS) is 18.8. The summed E-state index contributed by atoms with van der Waals surface area (Å²) in [6, 6.07) is 9.90. The molecule has 0 radical (unpaired) electrons. The van der Waals surface area contributed by atoms with Crippen LogP contribution in [0.15, 0.2) is 55.0 Å². The molecule has 1 amide bonds. The Morgan fingerprint density at radius 3 is 2.59 bits per heavy atom. The molecule has 1 aliphatic rings. The quantitative estimate of drug-likeness (QED) is 0.636.